The molecule has 28 heavy (non-hydrogen) atoms. The molecule has 8 heteroatoms. The first-order chi connectivity index (χ1) is 13.4. The lowest BCUT2D eigenvalue weighted by atomic mass is 9.81. The molecule has 0 aromatic heterocycles. The van der Waals surface area contributed by atoms with Crippen LogP contribution < -0.4 is 10.2 Å². The van der Waals surface area contributed by atoms with Crippen LogP contribution in [0.1, 0.15) is 45.4 Å². The molecule has 2 fully saturated rings. The molecule has 0 spiro atoms. The van der Waals surface area contributed by atoms with E-state index >= 15 is 0 Å². The van der Waals surface area contributed by atoms with E-state index in [1.807, 2.05) is 0 Å². The Labute approximate surface area is 166 Å². The molecule has 156 valence electrons. The van der Waals surface area contributed by atoms with Gasteiger partial charge in [0.05, 0.1) is 11.5 Å². The van der Waals surface area contributed by atoms with Crippen molar-refractivity contribution in [3.63, 3.8) is 0 Å². The van der Waals surface area contributed by atoms with E-state index in [0.29, 0.717) is 24.2 Å². The first-order valence-electron chi connectivity index (χ1n) is 9.90. The Kier molecular flexibility index (Phi) is 6.62. The van der Waals surface area contributed by atoms with E-state index in [2.05, 4.69) is 6.92 Å². The van der Waals surface area contributed by atoms with Crippen molar-refractivity contribution in [1.82, 2.24) is 5.48 Å². The SMILES string of the molecule is CC1CCCCC1COc1ccc(S(=O)(=O)C2(C(=O)NO)CCOCC2)cc1. The maximum atomic E-state index is 13.2. The molecular weight excluding hydrogens is 382 g/mol. The minimum atomic E-state index is -4.00. The Morgan fingerprint density at radius 3 is 2.46 bits per heavy atom. The summed E-state index contributed by atoms with van der Waals surface area (Å²) in [5.41, 5.74) is 1.53. The quantitative estimate of drug-likeness (QED) is 0.551. The molecule has 3 rings (SSSR count). The van der Waals surface area contributed by atoms with Gasteiger partial charge < -0.3 is 9.47 Å². The molecule has 0 bridgehead atoms. The number of amides is 1. The monoisotopic (exact) mass is 411 g/mol. The molecule has 1 saturated heterocycles. The summed E-state index contributed by atoms with van der Waals surface area (Å²) in [5, 5.41) is 9.10. The summed E-state index contributed by atoms with van der Waals surface area (Å²) in [5.74, 6) is 0.862. The lowest BCUT2D eigenvalue weighted by molar-refractivity contribution is -0.134. The van der Waals surface area contributed by atoms with Crippen LogP contribution in [0.5, 0.6) is 5.75 Å². The topological polar surface area (TPSA) is 102 Å². The van der Waals surface area contributed by atoms with Crippen molar-refractivity contribution in [2.45, 2.75) is 55.1 Å². The predicted octanol–water partition coefficient (Wildman–Crippen LogP) is 2.72. The zero-order valence-electron chi connectivity index (χ0n) is 16.2. The molecule has 1 amide bonds. The summed E-state index contributed by atoms with van der Waals surface area (Å²) in [6, 6.07) is 6.20. The number of ether oxygens (including phenoxy) is 2. The summed E-state index contributed by atoms with van der Waals surface area (Å²) in [6.07, 6.45) is 4.89. The van der Waals surface area contributed by atoms with Crippen LogP contribution >= 0.6 is 0 Å². The van der Waals surface area contributed by atoms with Crippen LogP contribution in [0.25, 0.3) is 0 Å². The number of hydroxylamine groups is 1. The molecule has 1 aliphatic heterocycles. The predicted molar refractivity (Wildman–Crippen MR) is 103 cm³/mol. The number of benzene rings is 1. The van der Waals surface area contributed by atoms with Gasteiger partial charge in [-0.25, -0.2) is 13.9 Å². The van der Waals surface area contributed by atoms with Gasteiger partial charge in [0, 0.05) is 13.2 Å². The van der Waals surface area contributed by atoms with Crippen molar-refractivity contribution in [2.75, 3.05) is 19.8 Å². The minimum absolute atomic E-state index is 0.000450. The molecule has 1 aromatic rings. The van der Waals surface area contributed by atoms with Crippen molar-refractivity contribution < 1.29 is 27.9 Å². The summed E-state index contributed by atoms with van der Waals surface area (Å²) in [7, 11) is -4.00. The maximum absolute atomic E-state index is 13.2. The van der Waals surface area contributed by atoms with Crippen molar-refractivity contribution >= 4 is 15.7 Å². The van der Waals surface area contributed by atoms with E-state index in [4.69, 9.17) is 14.7 Å². The first-order valence-corrected chi connectivity index (χ1v) is 11.4. The van der Waals surface area contributed by atoms with Crippen molar-refractivity contribution in [3.05, 3.63) is 24.3 Å². The molecule has 2 atom stereocenters. The third-order valence-corrected chi connectivity index (χ3v) is 8.73. The third kappa shape index (κ3) is 4.04. The fraction of sp³-hybridized carbons (Fsp3) is 0.650. The lowest BCUT2D eigenvalue weighted by Gasteiger charge is -2.34. The van der Waals surface area contributed by atoms with E-state index in [1.54, 1.807) is 12.1 Å². The molecule has 1 aliphatic carbocycles. The molecule has 0 radical (unpaired) electrons. The zero-order chi connectivity index (χ0) is 20.2. The van der Waals surface area contributed by atoms with Crippen LogP contribution in [0.3, 0.4) is 0 Å². The van der Waals surface area contributed by atoms with E-state index in [9.17, 15) is 13.2 Å². The number of nitrogens with one attached hydrogen (secondary N) is 1. The van der Waals surface area contributed by atoms with Crippen molar-refractivity contribution in [2.24, 2.45) is 11.8 Å². The molecule has 2 aliphatic rings. The molecule has 2 N–H and O–H groups in total. The molecule has 1 heterocycles. The Hall–Kier alpha value is -1.64. The lowest BCUT2D eigenvalue weighted by Crippen LogP contribution is -2.54. The number of carbonyl (C=O) groups excluding carboxylic acids is 1. The summed E-state index contributed by atoms with van der Waals surface area (Å²) in [4.78, 5) is 12.3. The highest BCUT2D eigenvalue weighted by molar-refractivity contribution is 7.93. The van der Waals surface area contributed by atoms with E-state index in [0.717, 1.165) is 6.42 Å². The summed E-state index contributed by atoms with van der Waals surface area (Å²) < 4.78 is 35.8. The number of carbonyl (C=O) groups is 1. The Morgan fingerprint density at radius 1 is 1.21 bits per heavy atom. The average molecular weight is 412 g/mol. The normalized spacial score (nSPS) is 25.1. The number of hydrogen-bond acceptors (Lipinski definition) is 6. The molecule has 7 nitrogen and oxygen atoms in total. The second kappa shape index (κ2) is 8.80. The van der Waals surface area contributed by atoms with Gasteiger partial charge in [-0.05, 0) is 55.4 Å². The molecular formula is C20H29NO6S. The van der Waals surface area contributed by atoms with E-state index < -0.39 is 20.5 Å². The molecule has 2 unspecified atom stereocenters. The van der Waals surface area contributed by atoms with Gasteiger partial charge in [0.15, 0.2) is 14.6 Å². The van der Waals surface area contributed by atoms with Crippen LogP contribution in [-0.2, 0) is 19.4 Å². The third-order valence-electron chi connectivity index (χ3n) is 6.22. The average Bonchev–Trinajstić information content (AvgIpc) is 2.73. The van der Waals surface area contributed by atoms with Crippen LogP contribution in [0.2, 0.25) is 0 Å². The highest BCUT2D eigenvalue weighted by Gasteiger charge is 2.52. The van der Waals surface area contributed by atoms with Gasteiger partial charge >= 0.3 is 0 Å². The van der Waals surface area contributed by atoms with Gasteiger partial charge in [0.25, 0.3) is 5.91 Å². The molecule has 1 saturated carbocycles. The van der Waals surface area contributed by atoms with Crippen LogP contribution in [0.15, 0.2) is 29.2 Å². The standard InChI is InChI=1S/C20H29NO6S/c1-15-4-2-3-5-16(15)14-27-17-6-8-18(9-7-17)28(24,25)20(19(22)21-23)10-12-26-13-11-20/h6-9,15-16,23H,2-5,10-14H2,1H3,(H,21,22). The van der Waals surface area contributed by atoms with Crippen molar-refractivity contribution in [3.8, 4) is 5.75 Å². The highest BCUT2D eigenvalue weighted by Crippen LogP contribution is 2.36. The summed E-state index contributed by atoms with van der Waals surface area (Å²) >= 11 is 0. The van der Waals surface area contributed by atoms with Crippen LogP contribution in [0.4, 0.5) is 0 Å². The van der Waals surface area contributed by atoms with Gasteiger partial charge in [-0.3, -0.25) is 10.0 Å². The molecule has 1 aromatic carbocycles. The largest absolute Gasteiger partial charge is 0.493 e. The van der Waals surface area contributed by atoms with Gasteiger partial charge in [-0.15, -0.1) is 0 Å². The Bertz CT molecular complexity index is 770. The van der Waals surface area contributed by atoms with Gasteiger partial charge in [-0.2, -0.15) is 0 Å². The first kappa shape index (κ1) is 21.1. The van der Waals surface area contributed by atoms with E-state index in [1.165, 1.54) is 36.9 Å². The van der Waals surface area contributed by atoms with Gasteiger partial charge in [0.1, 0.15) is 5.75 Å². The zero-order valence-corrected chi connectivity index (χ0v) is 17.0. The van der Waals surface area contributed by atoms with Crippen molar-refractivity contribution in [1.29, 1.82) is 0 Å². The second-order valence-corrected chi connectivity index (χ2v) is 10.1. The number of sulfone groups is 1. The Balaban J connectivity index is 1.74. The minimum Gasteiger partial charge on any atom is -0.493 e. The summed E-state index contributed by atoms with van der Waals surface area (Å²) in [6.45, 7) is 3.17. The highest BCUT2D eigenvalue weighted by atomic mass is 32.2. The number of hydrogen-bond donors (Lipinski definition) is 2. The Morgan fingerprint density at radius 2 is 1.86 bits per heavy atom. The fourth-order valence-electron chi connectivity index (χ4n) is 4.21. The van der Waals surface area contributed by atoms with Crippen LogP contribution in [0, 0.1) is 11.8 Å². The number of rotatable bonds is 6. The second-order valence-electron chi connectivity index (χ2n) is 7.86. The fourth-order valence-corrected chi connectivity index (χ4v) is 6.14. The maximum Gasteiger partial charge on any atom is 0.265 e. The van der Waals surface area contributed by atoms with Crippen LogP contribution in [-0.4, -0.2) is 44.1 Å². The van der Waals surface area contributed by atoms with Gasteiger partial charge in [0.2, 0.25) is 0 Å². The smallest absolute Gasteiger partial charge is 0.265 e. The van der Waals surface area contributed by atoms with E-state index in [-0.39, 0.29) is 31.0 Å². The van der Waals surface area contributed by atoms with Gasteiger partial charge in [-0.1, -0.05) is 26.2 Å².